The fourth-order valence-electron chi connectivity index (χ4n) is 4.12. The van der Waals surface area contributed by atoms with Gasteiger partial charge in [-0.3, -0.25) is 9.52 Å². The maximum Gasteiger partial charge on any atom is 0.233 e. The maximum atomic E-state index is 12.0. The first-order valence-electron chi connectivity index (χ1n) is 10.4. The Morgan fingerprint density at radius 2 is 1.81 bits per heavy atom. The normalized spacial score (nSPS) is 21.7. The van der Waals surface area contributed by atoms with Gasteiger partial charge >= 0.3 is 0 Å². The summed E-state index contributed by atoms with van der Waals surface area (Å²) < 4.78 is 31.9. The lowest BCUT2D eigenvalue weighted by Gasteiger charge is -2.16. The number of methoxy groups -OCH3 is 1. The Bertz CT molecular complexity index is 1180. The van der Waals surface area contributed by atoms with Crippen LogP contribution in [0.2, 0.25) is 0 Å². The first-order valence-corrected chi connectivity index (χ1v) is 11.6. The predicted molar refractivity (Wildman–Crippen MR) is 119 cm³/mol. The molecule has 164 valence electrons. The van der Waals surface area contributed by atoms with Crippen molar-refractivity contribution >= 4 is 16.9 Å². The van der Waals surface area contributed by atoms with Crippen molar-refractivity contribution in [3.05, 3.63) is 77.4 Å². The van der Waals surface area contributed by atoms with E-state index in [2.05, 4.69) is 15.8 Å². The van der Waals surface area contributed by atoms with Crippen LogP contribution in [0.25, 0.3) is 0 Å². The number of amides is 1. The first kappa shape index (κ1) is 20.5. The largest absolute Gasteiger partial charge is 0.486 e. The molecule has 5 rings (SSSR count). The molecule has 7 nitrogen and oxygen atoms in total. The topological polar surface area (TPSA) is 86.8 Å². The summed E-state index contributed by atoms with van der Waals surface area (Å²) >= 11 is 0. The molecule has 8 heteroatoms. The Morgan fingerprint density at radius 3 is 2.56 bits per heavy atom. The highest BCUT2D eigenvalue weighted by atomic mass is 32.2. The van der Waals surface area contributed by atoms with Gasteiger partial charge in [0.2, 0.25) is 17.7 Å². The van der Waals surface area contributed by atoms with Crippen LogP contribution in [0.4, 0.5) is 0 Å². The van der Waals surface area contributed by atoms with Gasteiger partial charge in [-0.2, -0.15) is 4.98 Å². The quantitative estimate of drug-likeness (QED) is 0.607. The second-order valence-electron chi connectivity index (χ2n) is 7.67. The molecule has 1 N–H and O–H groups in total. The fourth-order valence-corrected chi connectivity index (χ4v) is 5.27. The van der Waals surface area contributed by atoms with Crippen molar-refractivity contribution in [1.29, 1.82) is 0 Å². The number of hydrogen-bond donors (Lipinski definition) is 1. The van der Waals surface area contributed by atoms with Crippen LogP contribution in [0, 0.1) is 0 Å². The Labute approximate surface area is 188 Å². The van der Waals surface area contributed by atoms with Gasteiger partial charge in [0.25, 0.3) is 0 Å². The number of ether oxygens (including phenoxy) is 3. The third-order valence-corrected chi connectivity index (χ3v) is 7.05. The molecule has 2 aromatic carbocycles. The zero-order valence-corrected chi connectivity index (χ0v) is 18.3. The van der Waals surface area contributed by atoms with Gasteiger partial charge in [0, 0.05) is 24.1 Å². The summed E-state index contributed by atoms with van der Waals surface area (Å²) in [5.74, 6) is 2.30. The van der Waals surface area contributed by atoms with Gasteiger partial charge in [-0.15, -0.1) is 0 Å². The van der Waals surface area contributed by atoms with Gasteiger partial charge in [-0.1, -0.05) is 30.3 Å². The molecule has 0 bridgehead atoms. The van der Waals surface area contributed by atoms with Gasteiger partial charge in [-0.25, -0.2) is 4.21 Å². The highest BCUT2D eigenvalue weighted by Crippen LogP contribution is 2.41. The summed E-state index contributed by atoms with van der Waals surface area (Å²) in [6.07, 6.45) is 1.84. The molecule has 2 unspecified atom stereocenters. The smallest absolute Gasteiger partial charge is 0.233 e. The molecular formula is C24H22N2O5S. The summed E-state index contributed by atoms with van der Waals surface area (Å²) in [5, 5.41) is -0.311. The van der Waals surface area contributed by atoms with E-state index in [1.165, 1.54) is 0 Å². The minimum Gasteiger partial charge on any atom is -0.486 e. The molecule has 1 aliphatic heterocycles. The van der Waals surface area contributed by atoms with Crippen molar-refractivity contribution in [3.63, 3.8) is 0 Å². The lowest BCUT2D eigenvalue weighted by Crippen LogP contribution is -2.15. The van der Waals surface area contributed by atoms with Crippen molar-refractivity contribution in [2.24, 2.45) is 0 Å². The fraction of sp³-hybridized carbons (Fsp3) is 0.250. The molecule has 3 atom stereocenters. The molecule has 3 aromatic rings. The molecule has 2 heterocycles. The molecular weight excluding hydrogens is 428 g/mol. The molecule has 1 amide bonds. The molecule has 0 spiro atoms. The van der Waals surface area contributed by atoms with Crippen LogP contribution in [0.5, 0.6) is 23.3 Å². The molecule has 1 saturated heterocycles. The molecule has 1 aromatic heterocycles. The van der Waals surface area contributed by atoms with Crippen molar-refractivity contribution < 1.29 is 23.2 Å². The summed E-state index contributed by atoms with van der Waals surface area (Å²) in [7, 11) is 0.203. The zero-order valence-electron chi connectivity index (χ0n) is 17.4. The number of nitrogens with one attached hydrogen (secondary N) is 1. The van der Waals surface area contributed by atoms with Gasteiger partial charge < -0.3 is 14.2 Å². The average molecular weight is 451 g/mol. The maximum absolute atomic E-state index is 12.0. The molecule has 0 saturated carbocycles. The SMILES string of the molecule is COc1cccc(Oc2cccc3c2CC[C@H]3Oc2ccc(C3CC(=O)NS3=O)cc2)n1. The summed E-state index contributed by atoms with van der Waals surface area (Å²) in [5.41, 5.74) is 3.08. The lowest BCUT2D eigenvalue weighted by atomic mass is 10.1. The third-order valence-electron chi connectivity index (χ3n) is 5.67. The lowest BCUT2D eigenvalue weighted by molar-refractivity contribution is -0.118. The molecule has 32 heavy (non-hydrogen) atoms. The third kappa shape index (κ3) is 4.05. The van der Waals surface area contributed by atoms with Crippen LogP contribution in [0.15, 0.2) is 60.7 Å². The number of benzene rings is 2. The Morgan fingerprint density at radius 1 is 1.03 bits per heavy atom. The second kappa shape index (κ2) is 8.63. The standard InChI is InChI=1S/C24H22N2O5S/c1-29-23-6-3-7-24(25-23)31-19-5-2-4-17-18(19)12-13-20(17)30-16-10-8-15(9-11-16)21-14-22(27)26-32(21)28/h2-11,20-21H,12-14H2,1H3,(H,26,27)/t20-,21?,32?/m1/s1. The van der Waals surface area contributed by atoms with Crippen LogP contribution in [-0.2, 0) is 22.2 Å². The Hall–Kier alpha value is -3.39. The first-order chi connectivity index (χ1) is 15.6. The van der Waals surface area contributed by atoms with Gasteiger partial charge in [0.15, 0.2) is 0 Å². The highest BCUT2D eigenvalue weighted by molar-refractivity contribution is 7.84. The van der Waals surface area contributed by atoms with E-state index in [9.17, 15) is 9.00 Å². The number of fused-ring (bicyclic) bond motifs is 1. The van der Waals surface area contributed by atoms with Crippen molar-refractivity contribution in [2.75, 3.05) is 7.11 Å². The van der Waals surface area contributed by atoms with E-state index in [0.717, 1.165) is 41.0 Å². The monoisotopic (exact) mass is 450 g/mol. The number of nitrogens with zero attached hydrogens (tertiary/aromatic N) is 1. The zero-order chi connectivity index (χ0) is 22.1. The second-order valence-corrected chi connectivity index (χ2v) is 9.04. The van der Waals surface area contributed by atoms with Crippen LogP contribution in [0.3, 0.4) is 0 Å². The van der Waals surface area contributed by atoms with E-state index >= 15 is 0 Å². The van der Waals surface area contributed by atoms with Crippen LogP contribution < -0.4 is 18.9 Å². The number of rotatable bonds is 6. The van der Waals surface area contributed by atoms with Crippen LogP contribution in [-0.4, -0.2) is 22.2 Å². The van der Waals surface area contributed by atoms with Gasteiger partial charge in [0.1, 0.15) is 28.6 Å². The highest BCUT2D eigenvalue weighted by Gasteiger charge is 2.31. The van der Waals surface area contributed by atoms with E-state index in [0.29, 0.717) is 11.8 Å². The van der Waals surface area contributed by atoms with E-state index < -0.39 is 11.0 Å². The average Bonchev–Trinajstić information content (AvgIpc) is 3.37. The number of carbonyl (C=O) groups excluding carboxylic acids is 1. The molecule has 1 fully saturated rings. The summed E-state index contributed by atoms with van der Waals surface area (Å²) in [4.78, 5) is 15.8. The van der Waals surface area contributed by atoms with E-state index in [1.54, 1.807) is 19.2 Å². The van der Waals surface area contributed by atoms with Crippen LogP contribution >= 0.6 is 0 Å². The van der Waals surface area contributed by atoms with Crippen molar-refractivity contribution in [1.82, 2.24) is 9.71 Å². The summed E-state index contributed by atoms with van der Waals surface area (Å²) in [6.45, 7) is 0. The van der Waals surface area contributed by atoms with Crippen LogP contribution in [0.1, 0.15) is 40.9 Å². The molecule has 0 radical (unpaired) electrons. The molecule has 1 aliphatic carbocycles. The minimum atomic E-state index is -1.37. The minimum absolute atomic E-state index is 0.0819. The van der Waals surface area contributed by atoms with Crippen molar-refractivity contribution in [2.45, 2.75) is 30.6 Å². The van der Waals surface area contributed by atoms with E-state index in [4.69, 9.17) is 14.2 Å². The van der Waals surface area contributed by atoms with E-state index in [1.807, 2.05) is 42.5 Å². The summed E-state index contributed by atoms with van der Waals surface area (Å²) in [6, 6.07) is 18.9. The number of pyridine rings is 1. The number of carbonyl (C=O) groups is 1. The van der Waals surface area contributed by atoms with Gasteiger partial charge in [-0.05, 0) is 42.2 Å². The van der Waals surface area contributed by atoms with Crippen molar-refractivity contribution in [3.8, 4) is 23.3 Å². The number of aromatic nitrogens is 1. The van der Waals surface area contributed by atoms with E-state index in [-0.39, 0.29) is 23.7 Å². The van der Waals surface area contributed by atoms with Gasteiger partial charge in [0.05, 0.1) is 12.4 Å². The Kier molecular flexibility index (Phi) is 5.53. The number of hydrogen-bond acceptors (Lipinski definition) is 6. The predicted octanol–water partition coefficient (Wildman–Crippen LogP) is 4.17. The Balaban J connectivity index is 1.31. The molecule has 2 aliphatic rings.